The molecule has 120 valence electrons. The fourth-order valence-electron chi connectivity index (χ4n) is 2.12. The Kier molecular flexibility index (Phi) is 6.00. The Hall–Kier alpha value is -0.430. The predicted molar refractivity (Wildman–Crippen MR) is 96.8 cm³/mol. The maximum absolute atomic E-state index is 5.94. The highest BCUT2D eigenvalue weighted by molar-refractivity contribution is 14.1. The number of nitrogens with one attached hydrogen (secondary N) is 1. The maximum atomic E-state index is 5.94. The summed E-state index contributed by atoms with van der Waals surface area (Å²) >= 11 is 2.32. The van der Waals surface area contributed by atoms with Crippen LogP contribution in [0.25, 0.3) is 0 Å². The molecule has 1 heterocycles. The number of hydrogen-bond acceptors (Lipinski definition) is 4. The molecule has 0 aliphatic heterocycles. The molecule has 0 bridgehead atoms. The molecular formula is C16H28IN3O. The van der Waals surface area contributed by atoms with Gasteiger partial charge < -0.3 is 10.1 Å². The second-order valence-corrected chi connectivity index (χ2v) is 8.37. The second-order valence-electron chi connectivity index (χ2n) is 7.29. The van der Waals surface area contributed by atoms with Crippen LogP contribution in [-0.4, -0.2) is 23.6 Å². The fraction of sp³-hybridized carbons (Fsp3) is 0.750. The smallest absolute Gasteiger partial charge is 0.160 e. The van der Waals surface area contributed by atoms with E-state index in [1.807, 2.05) is 14.0 Å². The lowest BCUT2D eigenvalue weighted by Crippen LogP contribution is -2.27. The highest BCUT2D eigenvalue weighted by Gasteiger charge is 2.32. The third-order valence-corrected chi connectivity index (χ3v) is 4.19. The first kappa shape index (κ1) is 18.6. The number of aromatic nitrogens is 2. The van der Waals surface area contributed by atoms with Crippen LogP contribution in [0.3, 0.4) is 0 Å². The molecule has 0 aromatic carbocycles. The quantitative estimate of drug-likeness (QED) is 0.747. The average molecular weight is 405 g/mol. The number of rotatable bonds is 4. The molecule has 1 unspecified atom stereocenters. The molecule has 21 heavy (non-hydrogen) atoms. The van der Waals surface area contributed by atoms with E-state index in [9.17, 15) is 0 Å². The number of hydrogen-bond donors (Lipinski definition) is 1. The lowest BCUT2D eigenvalue weighted by atomic mass is 9.87. The van der Waals surface area contributed by atoms with Crippen molar-refractivity contribution in [1.29, 1.82) is 0 Å². The maximum Gasteiger partial charge on any atom is 0.160 e. The van der Waals surface area contributed by atoms with Crippen molar-refractivity contribution < 1.29 is 4.74 Å². The summed E-state index contributed by atoms with van der Waals surface area (Å²) in [5, 5.41) is 3.18. The monoisotopic (exact) mass is 405 g/mol. The van der Waals surface area contributed by atoms with Gasteiger partial charge in [-0.2, -0.15) is 0 Å². The fourth-order valence-corrected chi connectivity index (χ4v) is 3.44. The van der Waals surface area contributed by atoms with E-state index in [1.54, 1.807) is 0 Å². The lowest BCUT2D eigenvalue weighted by molar-refractivity contribution is -0.0192. The van der Waals surface area contributed by atoms with Crippen molar-refractivity contribution in [3.05, 3.63) is 15.1 Å². The Bertz CT molecular complexity index is 490. The van der Waals surface area contributed by atoms with Gasteiger partial charge in [0.1, 0.15) is 11.9 Å². The Balaban J connectivity index is 3.48. The minimum absolute atomic E-state index is 0.0333. The van der Waals surface area contributed by atoms with E-state index >= 15 is 0 Å². The number of nitrogens with zero attached hydrogens (tertiary/aromatic N) is 2. The van der Waals surface area contributed by atoms with Crippen LogP contribution >= 0.6 is 22.6 Å². The molecule has 0 aliphatic rings. The summed E-state index contributed by atoms with van der Waals surface area (Å²) in [5.74, 6) is 1.64. The van der Waals surface area contributed by atoms with E-state index in [-0.39, 0.29) is 16.9 Å². The Morgan fingerprint density at radius 3 is 2.10 bits per heavy atom. The van der Waals surface area contributed by atoms with Crippen molar-refractivity contribution >= 4 is 28.4 Å². The van der Waals surface area contributed by atoms with Crippen molar-refractivity contribution in [3.63, 3.8) is 0 Å². The van der Waals surface area contributed by atoms with E-state index < -0.39 is 0 Å². The number of halogens is 1. The number of ether oxygens (including phenoxy) is 1. The highest BCUT2D eigenvalue weighted by atomic mass is 127. The SMILES string of the molecule is CCOC(c1nc(NC)c(I)c(C(C)(C)C)n1)C(C)(C)C. The molecule has 0 spiro atoms. The van der Waals surface area contributed by atoms with Gasteiger partial charge in [-0.25, -0.2) is 9.97 Å². The standard InChI is InChI=1S/C16H28IN3O/c1-9-21-12(16(5,6)7)14-19-11(15(2,3)4)10(17)13(18-8)20-14/h12H,9H2,1-8H3,(H,18,19,20). The number of anilines is 1. The summed E-state index contributed by atoms with van der Waals surface area (Å²) in [6, 6.07) is 0. The summed E-state index contributed by atoms with van der Waals surface area (Å²) in [6.45, 7) is 15.7. The molecule has 0 saturated heterocycles. The molecule has 0 radical (unpaired) electrons. The highest BCUT2D eigenvalue weighted by Crippen LogP contribution is 2.37. The van der Waals surface area contributed by atoms with Crippen LogP contribution in [0.1, 0.15) is 66.1 Å². The largest absolute Gasteiger partial charge is 0.372 e. The van der Waals surface area contributed by atoms with Crippen LogP contribution in [0.2, 0.25) is 0 Å². The molecule has 1 N–H and O–H groups in total. The van der Waals surface area contributed by atoms with Gasteiger partial charge in [-0.3, -0.25) is 0 Å². The summed E-state index contributed by atoms with van der Waals surface area (Å²) < 4.78 is 7.02. The van der Waals surface area contributed by atoms with Crippen molar-refractivity contribution in [2.24, 2.45) is 5.41 Å². The third-order valence-electron chi connectivity index (χ3n) is 3.17. The van der Waals surface area contributed by atoms with Crippen LogP contribution < -0.4 is 5.32 Å². The van der Waals surface area contributed by atoms with Crippen LogP contribution in [0.5, 0.6) is 0 Å². The van der Waals surface area contributed by atoms with Gasteiger partial charge in [0, 0.05) is 19.1 Å². The van der Waals surface area contributed by atoms with Gasteiger partial charge in [-0.1, -0.05) is 41.5 Å². The minimum atomic E-state index is -0.118. The van der Waals surface area contributed by atoms with Crippen molar-refractivity contribution in [1.82, 2.24) is 9.97 Å². The molecule has 0 amide bonds. The molecule has 0 fully saturated rings. The Morgan fingerprint density at radius 1 is 1.14 bits per heavy atom. The van der Waals surface area contributed by atoms with Crippen LogP contribution in [0.15, 0.2) is 0 Å². The van der Waals surface area contributed by atoms with Gasteiger partial charge in [0.25, 0.3) is 0 Å². The first-order chi connectivity index (χ1) is 9.52. The van der Waals surface area contributed by atoms with E-state index in [0.717, 1.165) is 20.9 Å². The molecule has 1 atom stereocenters. The van der Waals surface area contributed by atoms with Crippen molar-refractivity contribution in [2.75, 3.05) is 19.0 Å². The summed E-state index contributed by atoms with van der Waals surface area (Å²) in [6.07, 6.45) is -0.118. The molecule has 1 aromatic rings. The van der Waals surface area contributed by atoms with Crippen molar-refractivity contribution in [3.8, 4) is 0 Å². The van der Waals surface area contributed by atoms with Gasteiger partial charge >= 0.3 is 0 Å². The average Bonchev–Trinajstić information content (AvgIpc) is 2.33. The minimum Gasteiger partial charge on any atom is -0.372 e. The normalized spacial score (nSPS) is 14.1. The molecule has 1 aromatic heterocycles. The topological polar surface area (TPSA) is 47.0 Å². The molecule has 5 heteroatoms. The molecule has 0 saturated carbocycles. The molecular weight excluding hydrogens is 377 g/mol. The van der Waals surface area contributed by atoms with Crippen LogP contribution in [0.4, 0.5) is 5.82 Å². The zero-order valence-corrected chi connectivity index (χ0v) is 16.6. The van der Waals surface area contributed by atoms with Gasteiger partial charge in [-0.15, -0.1) is 0 Å². The molecule has 1 rings (SSSR count). The van der Waals surface area contributed by atoms with Gasteiger partial charge in [0.15, 0.2) is 5.82 Å². The Morgan fingerprint density at radius 2 is 1.71 bits per heavy atom. The summed E-state index contributed by atoms with van der Waals surface area (Å²) in [5.41, 5.74) is 0.976. The first-order valence-corrected chi connectivity index (χ1v) is 8.47. The van der Waals surface area contributed by atoms with Crippen LogP contribution in [-0.2, 0) is 10.2 Å². The molecule has 0 aliphatic carbocycles. The second kappa shape index (κ2) is 6.77. The van der Waals surface area contributed by atoms with E-state index in [4.69, 9.17) is 14.7 Å². The summed E-state index contributed by atoms with van der Waals surface area (Å²) in [4.78, 5) is 9.55. The van der Waals surface area contributed by atoms with E-state index in [0.29, 0.717) is 6.61 Å². The zero-order chi connectivity index (χ0) is 16.4. The van der Waals surface area contributed by atoms with E-state index in [2.05, 4.69) is 69.5 Å². The van der Waals surface area contributed by atoms with Gasteiger partial charge in [0.2, 0.25) is 0 Å². The first-order valence-electron chi connectivity index (χ1n) is 7.39. The summed E-state index contributed by atoms with van der Waals surface area (Å²) in [7, 11) is 1.90. The lowest BCUT2D eigenvalue weighted by Gasteiger charge is -2.31. The van der Waals surface area contributed by atoms with Gasteiger partial charge in [-0.05, 0) is 34.9 Å². The van der Waals surface area contributed by atoms with E-state index in [1.165, 1.54) is 0 Å². The van der Waals surface area contributed by atoms with Crippen LogP contribution in [0, 0.1) is 8.99 Å². The Labute approximate surface area is 142 Å². The zero-order valence-electron chi connectivity index (χ0n) is 14.5. The van der Waals surface area contributed by atoms with Crippen molar-refractivity contribution in [2.45, 2.75) is 60.0 Å². The third kappa shape index (κ3) is 4.52. The van der Waals surface area contributed by atoms with Gasteiger partial charge in [0.05, 0.1) is 9.26 Å². The molecule has 4 nitrogen and oxygen atoms in total. The predicted octanol–water partition coefficient (Wildman–Crippen LogP) is 4.54.